The van der Waals surface area contributed by atoms with Crippen molar-refractivity contribution in [3.05, 3.63) is 0 Å². The molecule has 1 atom stereocenters. The standard InChI is InChI=1S/C9H17N.ClH/c1-4-6-7-9(3)10-8-5-2;/h2,9-10H,4,6-8H2,1,3H3;1H/t9-;/m1./s1. The zero-order chi connectivity index (χ0) is 7.82. The number of terminal acetylenes is 1. The minimum absolute atomic E-state index is 0. The normalized spacial score (nSPS) is 11.4. The summed E-state index contributed by atoms with van der Waals surface area (Å²) in [5, 5.41) is 3.23. The lowest BCUT2D eigenvalue weighted by molar-refractivity contribution is 0.522. The first-order valence-corrected chi connectivity index (χ1v) is 3.98. The van der Waals surface area contributed by atoms with Gasteiger partial charge in [-0.1, -0.05) is 25.7 Å². The number of hydrogen-bond acceptors (Lipinski definition) is 1. The monoisotopic (exact) mass is 175 g/mol. The van der Waals surface area contributed by atoms with Crippen molar-refractivity contribution >= 4 is 12.4 Å². The molecule has 1 nitrogen and oxygen atoms in total. The van der Waals surface area contributed by atoms with Crippen LogP contribution >= 0.6 is 12.4 Å². The highest BCUT2D eigenvalue weighted by molar-refractivity contribution is 5.85. The van der Waals surface area contributed by atoms with Crippen molar-refractivity contribution in [3.63, 3.8) is 0 Å². The fourth-order valence-electron chi connectivity index (χ4n) is 0.846. The summed E-state index contributed by atoms with van der Waals surface area (Å²) in [6.45, 7) is 5.08. The quantitative estimate of drug-likeness (QED) is 0.632. The number of nitrogens with one attached hydrogen (secondary N) is 1. The SMILES string of the molecule is C#CCN[C@H](C)CCCC.Cl. The lowest BCUT2D eigenvalue weighted by Crippen LogP contribution is -2.25. The first-order chi connectivity index (χ1) is 4.81. The maximum Gasteiger partial charge on any atom is 0.0575 e. The zero-order valence-electron chi connectivity index (χ0n) is 7.39. The number of halogens is 1. The molecule has 0 aliphatic carbocycles. The van der Waals surface area contributed by atoms with Crippen LogP contribution in [0.3, 0.4) is 0 Å². The Balaban J connectivity index is 0. The Hall–Kier alpha value is -0.190. The molecule has 0 spiro atoms. The van der Waals surface area contributed by atoms with Gasteiger partial charge in [0.05, 0.1) is 6.54 Å². The lowest BCUT2D eigenvalue weighted by atomic mass is 10.1. The van der Waals surface area contributed by atoms with Crippen molar-refractivity contribution in [3.8, 4) is 12.3 Å². The van der Waals surface area contributed by atoms with Gasteiger partial charge < -0.3 is 5.32 Å². The molecule has 0 rings (SSSR count). The molecule has 1 N–H and O–H groups in total. The van der Waals surface area contributed by atoms with E-state index in [0.717, 1.165) is 0 Å². The van der Waals surface area contributed by atoms with Crippen molar-refractivity contribution < 1.29 is 0 Å². The summed E-state index contributed by atoms with van der Waals surface area (Å²) in [5.74, 6) is 2.56. The summed E-state index contributed by atoms with van der Waals surface area (Å²) in [6, 6.07) is 0.580. The Labute approximate surface area is 76.4 Å². The summed E-state index contributed by atoms with van der Waals surface area (Å²) in [6.07, 6.45) is 8.88. The fraction of sp³-hybridized carbons (Fsp3) is 0.778. The van der Waals surface area contributed by atoms with Crippen LogP contribution in [0.15, 0.2) is 0 Å². The average Bonchev–Trinajstić information content (AvgIpc) is 1.97. The number of unbranched alkanes of at least 4 members (excludes halogenated alkanes) is 1. The summed E-state index contributed by atoms with van der Waals surface area (Å²) < 4.78 is 0. The van der Waals surface area contributed by atoms with Gasteiger partial charge in [0.15, 0.2) is 0 Å². The van der Waals surface area contributed by atoms with Crippen LogP contribution in [-0.4, -0.2) is 12.6 Å². The van der Waals surface area contributed by atoms with Gasteiger partial charge in [-0.15, -0.1) is 18.8 Å². The van der Waals surface area contributed by atoms with E-state index in [1.165, 1.54) is 19.3 Å². The van der Waals surface area contributed by atoms with Gasteiger partial charge in [0, 0.05) is 6.04 Å². The molecule has 11 heavy (non-hydrogen) atoms. The molecule has 2 heteroatoms. The van der Waals surface area contributed by atoms with Crippen molar-refractivity contribution in [2.45, 2.75) is 39.2 Å². The van der Waals surface area contributed by atoms with E-state index in [1.54, 1.807) is 0 Å². The minimum Gasteiger partial charge on any atom is -0.304 e. The third-order valence-electron chi connectivity index (χ3n) is 1.54. The van der Waals surface area contributed by atoms with E-state index in [-0.39, 0.29) is 12.4 Å². The molecule has 0 heterocycles. The van der Waals surface area contributed by atoms with Gasteiger partial charge in [-0.2, -0.15) is 0 Å². The number of hydrogen-bond donors (Lipinski definition) is 1. The van der Waals surface area contributed by atoms with Gasteiger partial charge >= 0.3 is 0 Å². The van der Waals surface area contributed by atoms with Crippen LogP contribution in [-0.2, 0) is 0 Å². The van der Waals surface area contributed by atoms with Crippen molar-refractivity contribution in [1.29, 1.82) is 0 Å². The Kier molecular flexibility index (Phi) is 12.0. The van der Waals surface area contributed by atoms with Crippen LogP contribution in [0.5, 0.6) is 0 Å². The smallest absolute Gasteiger partial charge is 0.0575 e. The van der Waals surface area contributed by atoms with Gasteiger partial charge in [-0.25, -0.2) is 0 Å². The first-order valence-electron chi connectivity index (χ1n) is 3.98. The molecule has 0 bridgehead atoms. The Morgan fingerprint density at radius 2 is 2.18 bits per heavy atom. The molecule has 0 saturated carbocycles. The molecule has 0 aromatic rings. The van der Waals surface area contributed by atoms with Crippen LogP contribution in [0.4, 0.5) is 0 Å². The topological polar surface area (TPSA) is 12.0 Å². The Morgan fingerprint density at radius 3 is 2.64 bits per heavy atom. The van der Waals surface area contributed by atoms with E-state index in [4.69, 9.17) is 6.42 Å². The molecule has 0 aromatic heterocycles. The van der Waals surface area contributed by atoms with E-state index in [1.807, 2.05) is 0 Å². The van der Waals surface area contributed by atoms with Gasteiger partial charge in [0.2, 0.25) is 0 Å². The van der Waals surface area contributed by atoms with E-state index < -0.39 is 0 Å². The molecular formula is C9H18ClN. The van der Waals surface area contributed by atoms with Crippen LogP contribution in [0, 0.1) is 12.3 Å². The molecule has 0 aromatic carbocycles. The van der Waals surface area contributed by atoms with Gasteiger partial charge in [-0.3, -0.25) is 0 Å². The molecule has 0 aliphatic rings. The van der Waals surface area contributed by atoms with E-state index >= 15 is 0 Å². The van der Waals surface area contributed by atoms with Crippen molar-refractivity contribution in [1.82, 2.24) is 5.32 Å². The Bertz CT molecular complexity index is 107. The lowest BCUT2D eigenvalue weighted by Gasteiger charge is -2.09. The van der Waals surface area contributed by atoms with E-state index in [2.05, 4.69) is 25.1 Å². The molecule has 66 valence electrons. The van der Waals surface area contributed by atoms with Crippen molar-refractivity contribution in [2.24, 2.45) is 0 Å². The van der Waals surface area contributed by atoms with Crippen LogP contribution < -0.4 is 5.32 Å². The second-order valence-electron chi connectivity index (χ2n) is 2.63. The van der Waals surface area contributed by atoms with Gasteiger partial charge in [-0.05, 0) is 13.3 Å². The average molecular weight is 176 g/mol. The highest BCUT2D eigenvalue weighted by atomic mass is 35.5. The molecule has 0 radical (unpaired) electrons. The van der Waals surface area contributed by atoms with E-state index in [9.17, 15) is 0 Å². The molecule has 0 saturated heterocycles. The number of rotatable bonds is 5. The zero-order valence-corrected chi connectivity index (χ0v) is 8.21. The molecule has 0 unspecified atom stereocenters. The predicted molar refractivity (Wildman–Crippen MR) is 53.1 cm³/mol. The Morgan fingerprint density at radius 1 is 1.55 bits per heavy atom. The van der Waals surface area contributed by atoms with E-state index in [0.29, 0.717) is 12.6 Å². The maximum atomic E-state index is 5.09. The van der Waals surface area contributed by atoms with Crippen molar-refractivity contribution in [2.75, 3.05) is 6.54 Å². The highest BCUT2D eigenvalue weighted by Crippen LogP contribution is 1.98. The highest BCUT2D eigenvalue weighted by Gasteiger charge is 1.96. The van der Waals surface area contributed by atoms with Crippen LogP contribution in [0.2, 0.25) is 0 Å². The summed E-state index contributed by atoms with van der Waals surface area (Å²) >= 11 is 0. The second kappa shape index (κ2) is 9.81. The van der Waals surface area contributed by atoms with Crippen LogP contribution in [0.1, 0.15) is 33.1 Å². The predicted octanol–water partition coefficient (Wildman–Crippen LogP) is 2.21. The fourth-order valence-corrected chi connectivity index (χ4v) is 0.846. The third kappa shape index (κ3) is 9.81. The molecular weight excluding hydrogens is 158 g/mol. The third-order valence-corrected chi connectivity index (χ3v) is 1.54. The largest absolute Gasteiger partial charge is 0.304 e. The summed E-state index contributed by atoms with van der Waals surface area (Å²) in [7, 11) is 0. The van der Waals surface area contributed by atoms with Gasteiger partial charge in [0.25, 0.3) is 0 Å². The second-order valence-corrected chi connectivity index (χ2v) is 2.63. The van der Waals surface area contributed by atoms with Gasteiger partial charge in [0.1, 0.15) is 0 Å². The molecule has 0 aliphatic heterocycles. The summed E-state index contributed by atoms with van der Waals surface area (Å²) in [5.41, 5.74) is 0. The van der Waals surface area contributed by atoms with Crippen LogP contribution in [0.25, 0.3) is 0 Å². The molecule has 0 amide bonds. The maximum absolute atomic E-state index is 5.09. The minimum atomic E-state index is 0. The summed E-state index contributed by atoms with van der Waals surface area (Å²) in [4.78, 5) is 0. The molecule has 0 fully saturated rings. The first kappa shape index (κ1) is 13.4.